The molecule has 96 valence electrons. The van der Waals surface area contributed by atoms with Gasteiger partial charge in [-0.1, -0.05) is 61.9 Å². The maximum atomic E-state index is 2.39. The molecule has 0 nitrogen and oxygen atoms in total. The first-order valence-electron chi connectivity index (χ1n) is 7.18. The molecule has 0 bridgehead atoms. The molecule has 1 aliphatic rings. The lowest BCUT2D eigenvalue weighted by atomic mass is 9.91. The van der Waals surface area contributed by atoms with Crippen LogP contribution in [0.25, 0.3) is 5.57 Å². The summed E-state index contributed by atoms with van der Waals surface area (Å²) in [7, 11) is 0. The molecule has 0 heteroatoms. The van der Waals surface area contributed by atoms with Gasteiger partial charge in [0.05, 0.1) is 0 Å². The van der Waals surface area contributed by atoms with Crippen LogP contribution >= 0.6 is 0 Å². The van der Waals surface area contributed by atoms with Gasteiger partial charge in [-0.2, -0.15) is 0 Å². The van der Waals surface area contributed by atoms with Crippen LogP contribution in [0.2, 0.25) is 0 Å². The molecule has 0 saturated heterocycles. The zero-order valence-electron chi connectivity index (χ0n) is 11.7. The number of allylic oxidation sites excluding steroid dienone is 1. The Balaban J connectivity index is 2.08. The predicted molar refractivity (Wildman–Crippen MR) is 82.4 cm³/mol. The Kier molecular flexibility index (Phi) is 3.25. The molecular weight excluding hydrogens is 228 g/mol. The summed E-state index contributed by atoms with van der Waals surface area (Å²) >= 11 is 0. The van der Waals surface area contributed by atoms with E-state index in [4.69, 9.17) is 0 Å². The van der Waals surface area contributed by atoms with Gasteiger partial charge in [0.2, 0.25) is 0 Å². The van der Waals surface area contributed by atoms with Crippen molar-refractivity contribution in [3.63, 3.8) is 0 Å². The molecule has 0 aromatic heterocycles. The van der Waals surface area contributed by atoms with E-state index in [1.54, 1.807) is 11.1 Å². The van der Waals surface area contributed by atoms with E-state index in [1.165, 1.54) is 35.1 Å². The van der Waals surface area contributed by atoms with E-state index in [1.807, 2.05) is 0 Å². The van der Waals surface area contributed by atoms with Gasteiger partial charge in [0.1, 0.15) is 0 Å². The van der Waals surface area contributed by atoms with Crippen LogP contribution in [0, 0.1) is 6.92 Å². The van der Waals surface area contributed by atoms with Crippen LogP contribution in [0.5, 0.6) is 0 Å². The van der Waals surface area contributed by atoms with Gasteiger partial charge in [-0.3, -0.25) is 0 Å². The second-order valence-electron chi connectivity index (χ2n) is 5.33. The summed E-state index contributed by atoms with van der Waals surface area (Å²) in [5.74, 6) is 0. The van der Waals surface area contributed by atoms with Crippen LogP contribution in [0.15, 0.2) is 48.5 Å². The molecule has 0 radical (unpaired) electrons. The van der Waals surface area contributed by atoms with E-state index < -0.39 is 0 Å². The zero-order chi connectivity index (χ0) is 13.2. The van der Waals surface area contributed by atoms with Crippen LogP contribution < -0.4 is 0 Å². The molecule has 0 heterocycles. The fourth-order valence-electron chi connectivity index (χ4n) is 3.10. The average Bonchev–Trinajstić information content (AvgIpc) is 2.87. The second-order valence-corrected chi connectivity index (χ2v) is 5.33. The van der Waals surface area contributed by atoms with E-state index in [-0.39, 0.29) is 0 Å². The van der Waals surface area contributed by atoms with Crippen molar-refractivity contribution in [3.05, 3.63) is 76.4 Å². The molecule has 0 saturated carbocycles. The largest absolute Gasteiger partial charge is 0.0716 e. The van der Waals surface area contributed by atoms with Crippen molar-refractivity contribution in [2.45, 2.75) is 33.1 Å². The van der Waals surface area contributed by atoms with Gasteiger partial charge in [0.15, 0.2) is 0 Å². The molecule has 0 atom stereocenters. The Hall–Kier alpha value is -1.82. The Morgan fingerprint density at radius 3 is 2.53 bits per heavy atom. The van der Waals surface area contributed by atoms with Gasteiger partial charge in [0, 0.05) is 0 Å². The van der Waals surface area contributed by atoms with Gasteiger partial charge in [-0.25, -0.2) is 0 Å². The number of benzene rings is 2. The lowest BCUT2D eigenvalue weighted by Crippen LogP contribution is -1.98. The summed E-state index contributed by atoms with van der Waals surface area (Å²) in [6.07, 6.45) is 5.90. The Morgan fingerprint density at radius 1 is 1.00 bits per heavy atom. The molecule has 0 unspecified atom stereocenters. The topological polar surface area (TPSA) is 0 Å². The van der Waals surface area contributed by atoms with Crippen molar-refractivity contribution < 1.29 is 0 Å². The summed E-state index contributed by atoms with van der Waals surface area (Å²) < 4.78 is 0. The van der Waals surface area contributed by atoms with Crippen LogP contribution in [-0.2, 0) is 12.8 Å². The quantitative estimate of drug-likeness (QED) is 0.722. The standard InChI is InChI=1S/C19H20/c1-3-7-16-14(2)10-11-19-17(12-13-18(16)19)15-8-5-4-6-9-15/h4-6,8-12H,3,7,13H2,1-2H3. The molecule has 0 spiro atoms. The first kappa shape index (κ1) is 12.2. The highest BCUT2D eigenvalue weighted by atomic mass is 14.2. The highest BCUT2D eigenvalue weighted by molar-refractivity contribution is 5.85. The second kappa shape index (κ2) is 5.05. The number of rotatable bonds is 3. The van der Waals surface area contributed by atoms with Gasteiger partial charge in [0.25, 0.3) is 0 Å². The predicted octanol–water partition coefficient (Wildman–Crippen LogP) is 4.94. The molecule has 0 fully saturated rings. The fraction of sp³-hybridized carbons (Fsp3) is 0.263. The molecular formula is C19H20. The minimum Gasteiger partial charge on any atom is -0.0716 e. The van der Waals surface area contributed by atoms with E-state index in [0.29, 0.717) is 0 Å². The van der Waals surface area contributed by atoms with Crippen molar-refractivity contribution in [1.29, 1.82) is 0 Å². The molecule has 2 aromatic rings. The molecule has 2 aromatic carbocycles. The van der Waals surface area contributed by atoms with Crippen molar-refractivity contribution in [3.8, 4) is 0 Å². The Morgan fingerprint density at radius 2 is 1.79 bits per heavy atom. The lowest BCUT2D eigenvalue weighted by Gasteiger charge is -2.13. The minimum absolute atomic E-state index is 1.09. The van der Waals surface area contributed by atoms with Crippen molar-refractivity contribution in [2.75, 3.05) is 0 Å². The van der Waals surface area contributed by atoms with Crippen molar-refractivity contribution >= 4 is 5.57 Å². The number of hydrogen-bond donors (Lipinski definition) is 0. The van der Waals surface area contributed by atoms with Gasteiger partial charge < -0.3 is 0 Å². The van der Waals surface area contributed by atoms with Crippen LogP contribution in [0.3, 0.4) is 0 Å². The first-order chi connectivity index (χ1) is 9.31. The summed E-state index contributed by atoms with van der Waals surface area (Å²) in [4.78, 5) is 0. The van der Waals surface area contributed by atoms with Crippen LogP contribution in [-0.4, -0.2) is 0 Å². The van der Waals surface area contributed by atoms with E-state index in [0.717, 1.165) is 6.42 Å². The van der Waals surface area contributed by atoms with Crippen LogP contribution in [0.4, 0.5) is 0 Å². The van der Waals surface area contributed by atoms with E-state index >= 15 is 0 Å². The Bertz CT molecular complexity index is 618. The highest BCUT2D eigenvalue weighted by Crippen LogP contribution is 2.36. The first-order valence-corrected chi connectivity index (χ1v) is 7.18. The van der Waals surface area contributed by atoms with Gasteiger partial charge in [-0.15, -0.1) is 0 Å². The van der Waals surface area contributed by atoms with Gasteiger partial charge in [-0.05, 0) is 53.2 Å². The minimum atomic E-state index is 1.09. The normalized spacial score (nSPS) is 13.3. The maximum Gasteiger partial charge on any atom is -0.00790 e. The third-order valence-electron chi connectivity index (χ3n) is 4.05. The fourth-order valence-corrected chi connectivity index (χ4v) is 3.10. The molecule has 19 heavy (non-hydrogen) atoms. The maximum absolute atomic E-state index is 2.39. The molecule has 0 amide bonds. The molecule has 0 N–H and O–H groups in total. The summed E-state index contributed by atoms with van der Waals surface area (Å²) in [5.41, 5.74) is 8.77. The summed E-state index contributed by atoms with van der Waals surface area (Å²) in [6, 6.07) is 15.3. The number of fused-ring (bicyclic) bond motifs is 1. The molecule has 1 aliphatic carbocycles. The number of hydrogen-bond acceptors (Lipinski definition) is 0. The lowest BCUT2D eigenvalue weighted by molar-refractivity contribution is 0.898. The van der Waals surface area contributed by atoms with Crippen molar-refractivity contribution in [2.24, 2.45) is 0 Å². The van der Waals surface area contributed by atoms with E-state index in [2.05, 4.69) is 62.4 Å². The van der Waals surface area contributed by atoms with Crippen LogP contribution in [0.1, 0.15) is 41.2 Å². The zero-order valence-corrected chi connectivity index (χ0v) is 11.7. The van der Waals surface area contributed by atoms with Crippen molar-refractivity contribution in [1.82, 2.24) is 0 Å². The summed E-state index contributed by atoms with van der Waals surface area (Å²) in [6.45, 7) is 4.51. The molecule has 3 rings (SSSR count). The third-order valence-corrected chi connectivity index (χ3v) is 4.05. The highest BCUT2D eigenvalue weighted by Gasteiger charge is 2.19. The molecule has 0 aliphatic heterocycles. The Labute approximate surface area is 115 Å². The van der Waals surface area contributed by atoms with Gasteiger partial charge >= 0.3 is 0 Å². The smallest absolute Gasteiger partial charge is 0.00790 e. The monoisotopic (exact) mass is 248 g/mol. The van der Waals surface area contributed by atoms with E-state index in [9.17, 15) is 0 Å². The SMILES string of the molecule is CCCc1c(C)ccc2c1CC=C2c1ccccc1. The average molecular weight is 248 g/mol. The summed E-state index contributed by atoms with van der Waals surface area (Å²) in [5, 5.41) is 0. The number of aryl methyl sites for hydroxylation is 1. The third kappa shape index (κ3) is 2.12.